The van der Waals surface area contributed by atoms with Crippen LogP contribution in [0.25, 0.3) is 0 Å². The Morgan fingerprint density at radius 1 is 1.19 bits per heavy atom. The van der Waals surface area contributed by atoms with Gasteiger partial charge in [-0.3, -0.25) is 4.90 Å². The number of esters is 1. The number of likely N-dealkylation sites (N-methyl/N-ethyl adjacent to an activating group) is 1. The number of benzene rings is 2. The second kappa shape index (κ2) is 10.5. The fourth-order valence-corrected chi connectivity index (χ4v) is 3.67. The molecule has 32 heavy (non-hydrogen) atoms. The summed E-state index contributed by atoms with van der Waals surface area (Å²) in [7, 11) is 3.22. The van der Waals surface area contributed by atoms with Gasteiger partial charge in [0.15, 0.2) is 11.6 Å². The maximum Gasteiger partial charge on any atom is 0.338 e. The molecule has 170 valence electrons. The van der Waals surface area contributed by atoms with Crippen LogP contribution in [0.2, 0.25) is 5.02 Å². The van der Waals surface area contributed by atoms with Crippen LogP contribution in [0.5, 0.6) is 5.75 Å². The van der Waals surface area contributed by atoms with E-state index in [1.54, 1.807) is 43.3 Å². The molecule has 1 aliphatic heterocycles. The molecule has 0 aliphatic carbocycles. The average molecular weight is 462 g/mol. The Hall–Kier alpha value is -3.10. The Labute approximate surface area is 191 Å². The molecule has 0 radical (unpaired) electrons. The van der Waals surface area contributed by atoms with Gasteiger partial charge in [0.1, 0.15) is 0 Å². The van der Waals surface area contributed by atoms with Gasteiger partial charge in [0.2, 0.25) is 0 Å². The summed E-state index contributed by atoms with van der Waals surface area (Å²) >= 11 is 5.99. The lowest BCUT2D eigenvalue weighted by Gasteiger charge is -2.31. The summed E-state index contributed by atoms with van der Waals surface area (Å²) in [4.78, 5) is 27.1. The quantitative estimate of drug-likeness (QED) is 0.585. The smallest absolute Gasteiger partial charge is 0.338 e. The van der Waals surface area contributed by atoms with Crippen molar-refractivity contribution >= 4 is 23.6 Å². The molecule has 2 amide bonds. The molecule has 7 nitrogen and oxygen atoms in total. The van der Waals surface area contributed by atoms with E-state index in [9.17, 15) is 14.0 Å². The van der Waals surface area contributed by atoms with Crippen LogP contribution in [0.15, 0.2) is 53.7 Å². The largest absolute Gasteiger partial charge is 0.494 e. The van der Waals surface area contributed by atoms with Crippen LogP contribution in [0, 0.1) is 5.82 Å². The van der Waals surface area contributed by atoms with Crippen molar-refractivity contribution in [3.8, 4) is 5.75 Å². The molecule has 1 heterocycles. The number of rotatable bonds is 8. The molecule has 1 aliphatic rings. The zero-order chi connectivity index (χ0) is 23.3. The first kappa shape index (κ1) is 23.6. The van der Waals surface area contributed by atoms with Gasteiger partial charge in [0.25, 0.3) is 0 Å². The SMILES string of the molecule is CCOC(=O)C1=C(CN(C)Cc2ccc(OC)c(F)c2)NC(=O)NC1c1ccc(Cl)cc1. The highest BCUT2D eigenvalue weighted by Gasteiger charge is 2.34. The molecule has 0 fully saturated rings. The molecule has 0 saturated heterocycles. The fourth-order valence-electron chi connectivity index (χ4n) is 3.54. The van der Waals surface area contributed by atoms with Crippen LogP contribution in [0.1, 0.15) is 24.1 Å². The normalized spacial score (nSPS) is 15.9. The van der Waals surface area contributed by atoms with Crippen molar-refractivity contribution in [3.63, 3.8) is 0 Å². The summed E-state index contributed by atoms with van der Waals surface area (Å²) in [5.41, 5.74) is 2.15. The minimum atomic E-state index is -0.693. The third kappa shape index (κ3) is 5.57. The zero-order valence-electron chi connectivity index (χ0n) is 18.1. The molecule has 0 aromatic heterocycles. The van der Waals surface area contributed by atoms with Crippen LogP contribution in [-0.2, 0) is 16.1 Å². The molecule has 9 heteroatoms. The standard InChI is InChI=1S/C23H25ClFN3O4/c1-4-32-22(29)20-18(13-28(2)12-14-5-10-19(31-3)17(25)11-14)26-23(30)27-21(20)15-6-8-16(24)9-7-15/h5-11,21H,4,12-13H2,1-3H3,(H2,26,27,30). The van der Waals surface area contributed by atoms with Crippen LogP contribution in [0.4, 0.5) is 9.18 Å². The molecular formula is C23H25ClFN3O4. The number of amides is 2. The molecule has 2 N–H and O–H groups in total. The third-order valence-corrected chi connectivity index (χ3v) is 5.20. The lowest BCUT2D eigenvalue weighted by molar-refractivity contribution is -0.139. The van der Waals surface area contributed by atoms with E-state index in [1.807, 2.05) is 11.9 Å². The topological polar surface area (TPSA) is 79.9 Å². The number of methoxy groups -OCH3 is 1. The monoisotopic (exact) mass is 461 g/mol. The van der Waals surface area contributed by atoms with E-state index in [-0.39, 0.29) is 18.9 Å². The number of hydrogen-bond acceptors (Lipinski definition) is 5. The van der Waals surface area contributed by atoms with Gasteiger partial charge in [-0.15, -0.1) is 0 Å². The Morgan fingerprint density at radius 3 is 2.53 bits per heavy atom. The highest BCUT2D eigenvalue weighted by molar-refractivity contribution is 6.30. The number of halogens is 2. The van der Waals surface area contributed by atoms with E-state index < -0.39 is 23.9 Å². The summed E-state index contributed by atoms with van der Waals surface area (Å²) in [5.74, 6) is -0.818. The van der Waals surface area contributed by atoms with Crippen molar-refractivity contribution in [1.29, 1.82) is 0 Å². The molecule has 0 spiro atoms. The Kier molecular flexibility index (Phi) is 7.71. The minimum Gasteiger partial charge on any atom is -0.494 e. The molecule has 0 bridgehead atoms. The van der Waals surface area contributed by atoms with Crippen LogP contribution < -0.4 is 15.4 Å². The van der Waals surface area contributed by atoms with Crippen molar-refractivity contribution in [2.24, 2.45) is 0 Å². The number of nitrogens with one attached hydrogen (secondary N) is 2. The summed E-state index contributed by atoms with van der Waals surface area (Å²) in [5, 5.41) is 6.05. The molecule has 3 rings (SSSR count). The second-order valence-corrected chi connectivity index (χ2v) is 7.77. The van der Waals surface area contributed by atoms with E-state index in [1.165, 1.54) is 13.2 Å². The van der Waals surface area contributed by atoms with E-state index in [0.717, 1.165) is 5.56 Å². The predicted octanol–water partition coefficient (Wildman–Crippen LogP) is 3.79. The Balaban J connectivity index is 1.90. The molecular weight excluding hydrogens is 437 g/mol. The van der Waals surface area contributed by atoms with E-state index >= 15 is 0 Å². The lowest BCUT2D eigenvalue weighted by atomic mass is 9.95. The highest BCUT2D eigenvalue weighted by atomic mass is 35.5. The van der Waals surface area contributed by atoms with Crippen molar-refractivity contribution in [3.05, 3.63) is 75.7 Å². The first-order valence-corrected chi connectivity index (χ1v) is 10.4. The van der Waals surface area contributed by atoms with Gasteiger partial charge >= 0.3 is 12.0 Å². The van der Waals surface area contributed by atoms with Gasteiger partial charge in [-0.1, -0.05) is 29.8 Å². The number of ether oxygens (including phenoxy) is 2. The van der Waals surface area contributed by atoms with Crippen molar-refractivity contribution in [2.75, 3.05) is 27.3 Å². The van der Waals surface area contributed by atoms with Crippen LogP contribution in [-0.4, -0.2) is 44.2 Å². The van der Waals surface area contributed by atoms with Gasteiger partial charge in [0, 0.05) is 23.8 Å². The van der Waals surface area contributed by atoms with Gasteiger partial charge in [0.05, 0.1) is 25.3 Å². The predicted molar refractivity (Wildman–Crippen MR) is 119 cm³/mol. The summed E-state index contributed by atoms with van der Waals surface area (Å²) in [6.45, 7) is 2.53. The van der Waals surface area contributed by atoms with Gasteiger partial charge in [-0.2, -0.15) is 0 Å². The third-order valence-electron chi connectivity index (χ3n) is 4.95. The number of urea groups is 1. The lowest BCUT2D eigenvalue weighted by Crippen LogP contribution is -2.48. The maximum atomic E-state index is 14.0. The molecule has 2 aromatic carbocycles. The molecule has 1 atom stereocenters. The summed E-state index contributed by atoms with van der Waals surface area (Å²) < 4.78 is 24.3. The molecule has 2 aromatic rings. The number of carbonyl (C=O) groups is 2. The van der Waals surface area contributed by atoms with Crippen molar-refractivity contribution < 1.29 is 23.5 Å². The highest BCUT2D eigenvalue weighted by Crippen LogP contribution is 2.29. The van der Waals surface area contributed by atoms with E-state index in [2.05, 4.69) is 10.6 Å². The summed E-state index contributed by atoms with van der Waals surface area (Å²) in [6.07, 6.45) is 0. The Morgan fingerprint density at radius 2 is 1.91 bits per heavy atom. The zero-order valence-corrected chi connectivity index (χ0v) is 18.8. The first-order valence-electron chi connectivity index (χ1n) is 10.1. The van der Waals surface area contributed by atoms with Gasteiger partial charge in [-0.25, -0.2) is 14.0 Å². The van der Waals surface area contributed by atoms with Crippen molar-refractivity contribution in [1.82, 2.24) is 15.5 Å². The van der Waals surface area contributed by atoms with Crippen LogP contribution >= 0.6 is 11.6 Å². The number of carbonyl (C=O) groups excluding carboxylic acids is 2. The molecule has 0 saturated carbocycles. The average Bonchev–Trinajstić information content (AvgIpc) is 2.74. The van der Waals surface area contributed by atoms with E-state index in [4.69, 9.17) is 21.1 Å². The number of hydrogen-bond donors (Lipinski definition) is 2. The Bertz CT molecular complexity index is 1030. The van der Waals surface area contributed by atoms with Crippen molar-refractivity contribution in [2.45, 2.75) is 19.5 Å². The molecule has 1 unspecified atom stereocenters. The minimum absolute atomic E-state index is 0.167. The first-order chi connectivity index (χ1) is 15.3. The fraction of sp³-hybridized carbons (Fsp3) is 0.304. The van der Waals surface area contributed by atoms with E-state index in [0.29, 0.717) is 28.4 Å². The maximum absolute atomic E-state index is 14.0. The summed E-state index contributed by atoms with van der Waals surface area (Å²) in [6, 6.07) is 10.5. The van der Waals surface area contributed by atoms with Gasteiger partial charge < -0.3 is 20.1 Å². The number of nitrogens with zero attached hydrogens (tertiary/aromatic N) is 1. The second-order valence-electron chi connectivity index (χ2n) is 7.34. The van der Waals surface area contributed by atoms with Crippen LogP contribution in [0.3, 0.4) is 0 Å². The van der Waals surface area contributed by atoms with Gasteiger partial charge in [-0.05, 0) is 49.4 Å².